The van der Waals surface area contributed by atoms with Crippen molar-refractivity contribution in [3.05, 3.63) is 0 Å². The van der Waals surface area contributed by atoms with E-state index in [0.29, 0.717) is 12.2 Å². The maximum Gasteiger partial charge on any atom is 0.390 e. The minimum absolute atomic E-state index is 0.0363. The van der Waals surface area contributed by atoms with E-state index in [4.69, 9.17) is 0 Å². The molecule has 6 heteroatoms. The van der Waals surface area contributed by atoms with E-state index in [1.807, 2.05) is 0 Å². The molecule has 1 N–H and O–H groups in total. The van der Waals surface area contributed by atoms with Crippen molar-refractivity contribution in [1.82, 2.24) is 5.32 Å². The van der Waals surface area contributed by atoms with Crippen LogP contribution in [0.1, 0.15) is 25.7 Å². The van der Waals surface area contributed by atoms with Gasteiger partial charge >= 0.3 is 6.18 Å². The van der Waals surface area contributed by atoms with Crippen LogP contribution in [0.3, 0.4) is 0 Å². The van der Waals surface area contributed by atoms with Gasteiger partial charge in [0.05, 0.1) is 6.42 Å². The molecule has 0 bridgehead atoms. The predicted octanol–water partition coefficient (Wildman–Crippen LogP) is 2.16. The first-order valence-electron chi connectivity index (χ1n) is 4.81. The average Bonchev–Trinajstić information content (AvgIpc) is 2.83. The molecule has 0 aromatic carbocycles. The van der Waals surface area contributed by atoms with Gasteiger partial charge in [-0.25, -0.2) is 0 Å². The van der Waals surface area contributed by atoms with Crippen LogP contribution >= 0.6 is 12.6 Å². The Morgan fingerprint density at radius 3 is 2.40 bits per heavy atom. The van der Waals surface area contributed by atoms with E-state index in [1.165, 1.54) is 0 Å². The third-order valence-corrected chi connectivity index (χ3v) is 3.23. The summed E-state index contributed by atoms with van der Waals surface area (Å²) in [6.45, 7) is -0.328. The average molecular weight is 241 g/mol. The Morgan fingerprint density at radius 2 is 2.00 bits per heavy atom. The summed E-state index contributed by atoms with van der Waals surface area (Å²) in [4.78, 5) is 11.2. The first-order chi connectivity index (χ1) is 6.87. The van der Waals surface area contributed by atoms with Crippen molar-refractivity contribution in [3.63, 3.8) is 0 Å². The number of carbonyl (C=O) groups excluding carboxylic acids is 1. The Labute approximate surface area is 92.0 Å². The summed E-state index contributed by atoms with van der Waals surface area (Å²) < 4.78 is 35.3. The van der Waals surface area contributed by atoms with Gasteiger partial charge in [0.15, 0.2) is 0 Å². The highest BCUT2D eigenvalue weighted by atomic mass is 32.1. The van der Waals surface area contributed by atoms with Gasteiger partial charge in [-0.3, -0.25) is 4.79 Å². The van der Waals surface area contributed by atoms with Crippen molar-refractivity contribution < 1.29 is 18.0 Å². The molecular formula is C9H14F3NOS. The molecular weight excluding hydrogens is 227 g/mol. The normalized spacial score (nSPS) is 18.7. The lowest BCUT2D eigenvalue weighted by atomic mass is 10.1. The Kier molecular flexibility index (Phi) is 3.92. The van der Waals surface area contributed by atoms with Crippen LogP contribution in [0, 0.1) is 5.41 Å². The molecule has 0 saturated heterocycles. The number of hydrogen-bond acceptors (Lipinski definition) is 2. The molecule has 0 aliphatic heterocycles. The third-order valence-electron chi connectivity index (χ3n) is 2.56. The van der Waals surface area contributed by atoms with Gasteiger partial charge < -0.3 is 5.32 Å². The molecule has 0 atom stereocenters. The zero-order valence-corrected chi connectivity index (χ0v) is 9.13. The Hall–Kier alpha value is -0.390. The van der Waals surface area contributed by atoms with E-state index in [0.717, 1.165) is 12.8 Å². The maximum absolute atomic E-state index is 11.8. The molecule has 0 radical (unpaired) electrons. The minimum atomic E-state index is -4.20. The molecule has 1 aliphatic carbocycles. The van der Waals surface area contributed by atoms with Crippen LogP contribution in [0.2, 0.25) is 0 Å². The smallest absolute Gasteiger partial charge is 0.356 e. The Bertz CT molecular complexity index is 238. The number of nitrogens with one attached hydrogen (secondary N) is 1. The van der Waals surface area contributed by atoms with Crippen LogP contribution in [0.25, 0.3) is 0 Å². The fourth-order valence-electron chi connectivity index (χ4n) is 1.31. The Balaban J connectivity index is 2.14. The van der Waals surface area contributed by atoms with Crippen LogP contribution in [-0.2, 0) is 4.79 Å². The van der Waals surface area contributed by atoms with Crippen LogP contribution in [0.4, 0.5) is 13.2 Å². The number of halogens is 3. The summed E-state index contributed by atoms with van der Waals surface area (Å²) in [5.74, 6) is 0.325. The summed E-state index contributed by atoms with van der Waals surface area (Å²) in [6.07, 6.45) is -2.97. The molecule has 0 unspecified atom stereocenters. The quantitative estimate of drug-likeness (QED) is 0.710. The summed E-state index contributed by atoms with van der Waals surface area (Å²) in [6, 6.07) is 0. The first kappa shape index (κ1) is 12.7. The van der Waals surface area contributed by atoms with Crippen molar-refractivity contribution in [1.29, 1.82) is 0 Å². The zero-order chi connectivity index (χ0) is 11.5. The Morgan fingerprint density at radius 1 is 1.40 bits per heavy atom. The molecule has 0 aromatic rings. The minimum Gasteiger partial charge on any atom is -0.356 e. The number of hydrogen-bond donors (Lipinski definition) is 2. The SMILES string of the molecule is O=C(CC1(CS)CC1)NCCC(F)(F)F. The van der Waals surface area contributed by atoms with Gasteiger partial charge in [-0.05, 0) is 24.0 Å². The highest BCUT2D eigenvalue weighted by Crippen LogP contribution is 2.49. The molecule has 0 aromatic heterocycles. The fourth-order valence-corrected chi connectivity index (χ4v) is 1.74. The van der Waals surface area contributed by atoms with Crippen molar-refractivity contribution in [2.75, 3.05) is 12.3 Å². The maximum atomic E-state index is 11.8. The van der Waals surface area contributed by atoms with Gasteiger partial charge in [0.25, 0.3) is 0 Å². The van der Waals surface area contributed by atoms with E-state index >= 15 is 0 Å². The molecule has 1 fully saturated rings. The van der Waals surface area contributed by atoms with Crippen LogP contribution in [0.15, 0.2) is 0 Å². The van der Waals surface area contributed by atoms with Gasteiger partial charge in [-0.15, -0.1) is 0 Å². The third kappa shape index (κ3) is 4.77. The summed E-state index contributed by atoms with van der Waals surface area (Å²) >= 11 is 4.12. The van der Waals surface area contributed by atoms with Gasteiger partial charge in [0.1, 0.15) is 0 Å². The second kappa shape index (κ2) is 4.63. The van der Waals surface area contributed by atoms with E-state index in [9.17, 15) is 18.0 Å². The van der Waals surface area contributed by atoms with E-state index in [2.05, 4.69) is 17.9 Å². The number of amides is 1. The highest BCUT2D eigenvalue weighted by molar-refractivity contribution is 7.80. The topological polar surface area (TPSA) is 29.1 Å². The zero-order valence-electron chi connectivity index (χ0n) is 8.23. The largest absolute Gasteiger partial charge is 0.390 e. The molecule has 1 amide bonds. The fraction of sp³-hybridized carbons (Fsp3) is 0.889. The van der Waals surface area contributed by atoms with Crippen LogP contribution < -0.4 is 5.32 Å². The van der Waals surface area contributed by atoms with Gasteiger partial charge in [0.2, 0.25) is 5.91 Å². The van der Waals surface area contributed by atoms with E-state index in [1.54, 1.807) is 0 Å². The molecule has 88 valence electrons. The van der Waals surface area contributed by atoms with Gasteiger partial charge in [-0.1, -0.05) is 0 Å². The van der Waals surface area contributed by atoms with Crippen LogP contribution in [0.5, 0.6) is 0 Å². The lowest BCUT2D eigenvalue weighted by Crippen LogP contribution is -2.30. The highest BCUT2D eigenvalue weighted by Gasteiger charge is 2.42. The molecule has 0 heterocycles. The van der Waals surface area contributed by atoms with Crippen LogP contribution in [-0.4, -0.2) is 24.4 Å². The van der Waals surface area contributed by atoms with Gasteiger partial charge in [0, 0.05) is 13.0 Å². The lowest BCUT2D eigenvalue weighted by Gasteiger charge is -2.12. The molecule has 0 spiro atoms. The molecule has 15 heavy (non-hydrogen) atoms. The van der Waals surface area contributed by atoms with Crippen molar-refractivity contribution in [3.8, 4) is 0 Å². The number of rotatable bonds is 5. The molecule has 1 rings (SSSR count). The van der Waals surface area contributed by atoms with Crippen molar-refractivity contribution >= 4 is 18.5 Å². The number of carbonyl (C=O) groups is 1. The van der Waals surface area contributed by atoms with Gasteiger partial charge in [-0.2, -0.15) is 25.8 Å². The predicted molar refractivity (Wildman–Crippen MR) is 53.8 cm³/mol. The van der Waals surface area contributed by atoms with Crippen molar-refractivity contribution in [2.45, 2.75) is 31.9 Å². The van der Waals surface area contributed by atoms with E-state index < -0.39 is 12.6 Å². The monoisotopic (exact) mass is 241 g/mol. The summed E-state index contributed by atoms with van der Waals surface area (Å²) in [7, 11) is 0. The summed E-state index contributed by atoms with van der Waals surface area (Å²) in [5, 5.41) is 2.28. The number of alkyl halides is 3. The second-order valence-corrected chi connectivity index (χ2v) is 4.37. The molecule has 2 nitrogen and oxygen atoms in total. The lowest BCUT2D eigenvalue weighted by molar-refractivity contribution is -0.135. The molecule has 1 saturated carbocycles. The standard InChI is InChI=1S/C9H14F3NOS/c10-9(11,12)3-4-13-7(14)5-8(6-15)1-2-8/h15H,1-6H2,(H,13,14). The van der Waals surface area contributed by atoms with E-state index in [-0.39, 0.29) is 17.9 Å². The first-order valence-corrected chi connectivity index (χ1v) is 5.44. The summed E-state index contributed by atoms with van der Waals surface area (Å²) in [5.41, 5.74) is -0.0363. The number of thiol groups is 1. The van der Waals surface area contributed by atoms with Crippen molar-refractivity contribution in [2.24, 2.45) is 5.41 Å². The second-order valence-electron chi connectivity index (χ2n) is 4.05. The molecule has 1 aliphatic rings.